The number of carboxylic acids is 1. The van der Waals surface area contributed by atoms with E-state index in [1.54, 1.807) is 39.2 Å². The van der Waals surface area contributed by atoms with Gasteiger partial charge >= 0.3 is 5.97 Å². The average molecular weight is 472 g/mol. The summed E-state index contributed by atoms with van der Waals surface area (Å²) in [6.45, 7) is 8.62. The predicted molar refractivity (Wildman–Crippen MR) is 125 cm³/mol. The highest BCUT2D eigenvalue weighted by atomic mass is 19.1. The second-order valence-corrected chi connectivity index (χ2v) is 9.76. The number of fused-ring (bicyclic) bond motifs is 1. The molecule has 3 N–H and O–H groups in total. The Bertz CT molecular complexity index is 1180. The molecule has 2 amide bonds. The van der Waals surface area contributed by atoms with Gasteiger partial charge in [0.25, 0.3) is 17.6 Å². The lowest BCUT2D eigenvalue weighted by Gasteiger charge is -2.27. The van der Waals surface area contributed by atoms with E-state index in [0.29, 0.717) is 41.0 Å². The smallest absolute Gasteiger partial charge is 0.326 e. The fraction of sp³-hybridized carbons (Fsp3) is 0.440. The molecule has 1 aliphatic heterocycles. The zero-order valence-corrected chi connectivity index (χ0v) is 20.0. The van der Waals surface area contributed by atoms with E-state index in [0.717, 1.165) is 12.8 Å². The number of nitrogens with zero attached hydrogens (tertiary/aromatic N) is 1. The first-order chi connectivity index (χ1) is 15.8. The number of Topliss-reactive ketones (excluding diaryl/α,β-unsaturated/α-hetero) is 1. The molecule has 0 spiro atoms. The Hall–Kier alpha value is -3.49. The summed E-state index contributed by atoms with van der Waals surface area (Å²) in [5.74, 6) is -3.99. The van der Waals surface area contributed by atoms with Crippen LogP contribution < -0.4 is 10.6 Å². The third-order valence-electron chi connectivity index (χ3n) is 6.11. The van der Waals surface area contributed by atoms with Gasteiger partial charge < -0.3 is 20.3 Å². The monoisotopic (exact) mass is 471 g/mol. The first-order valence-electron chi connectivity index (χ1n) is 11.2. The number of carbonyl (C=O) groups is 4. The number of aromatic nitrogens is 1. The lowest BCUT2D eigenvalue weighted by Crippen LogP contribution is -2.51. The van der Waals surface area contributed by atoms with Crippen LogP contribution in [0.3, 0.4) is 0 Å². The molecule has 1 aromatic heterocycles. The molecular formula is C25H30FN3O5. The normalized spacial score (nSPS) is 14.2. The molecule has 0 radical (unpaired) electrons. The minimum absolute atomic E-state index is 0.0886. The highest BCUT2D eigenvalue weighted by Gasteiger charge is 2.37. The lowest BCUT2D eigenvalue weighted by atomic mass is 9.86. The van der Waals surface area contributed by atoms with Crippen molar-refractivity contribution in [3.05, 3.63) is 52.1 Å². The van der Waals surface area contributed by atoms with E-state index in [1.165, 1.54) is 18.2 Å². The van der Waals surface area contributed by atoms with E-state index in [1.807, 2.05) is 0 Å². The average Bonchev–Trinajstić information content (AvgIpc) is 3.04. The number of nitrogens with one attached hydrogen (secondary N) is 2. The van der Waals surface area contributed by atoms with Crippen LogP contribution in [0, 0.1) is 25.1 Å². The number of hydrogen-bond acceptors (Lipinski definition) is 4. The van der Waals surface area contributed by atoms with Gasteiger partial charge in [0.05, 0.1) is 11.3 Å². The number of carbonyl (C=O) groups excluding carboxylic acids is 3. The van der Waals surface area contributed by atoms with E-state index in [2.05, 4.69) is 10.6 Å². The molecule has 0 saturated carbocycles. The van der Waals surface area contributed by atoms with Gasteiger partial charge in [0.1, 0.15) is 11.9 Å². The van der Waals surface area contributed by atoms with E-state index in [-0.39, 0.29) is 11.5 Å². The molecule has 3 rings (SSSR count). The summed E-state index contributed by atoms with van der Waals surface area (Å²) in [7, 11) is 0. The van der Waals surface area contributed by atoms with Crippen molar-refractivity contribution in [3.8, 4) is 0 Å². The van der Waals surface area contributed by atoms with Crippen molar-refractivity contribution < 1.29 is 28.7 Å². The predicted octanol–water partition coefficient (Wildman–Crippen LogP) is 3.63. The van der Waals surface area contributed by atoms with E-state index in [4.69, 9.17) is 0 Å². The highest BCUT2D eigenvalue weighted by Crippen LogP contribution is 2.30. The maximum absolute atomic E-state index is 13.6. The molecule has 1 atom stereocenters. The van der Waals surface area contributed by atoms with Crippen molar-refractivity contribution in [2.75, 3.05) is 5.32 Å². The van der Waals surface area contributed by atoms with Gasteiger partial charge in [-0.15, -0.1) is 0 Å². The quantitative estimate of drug-likeness (QED) is 0.439. The summed E-state index contributed by atoms with van der Waals surface area (Å²) in [5.41, 5.74) is 1.40. The first kappa shape index (κ1) is 25.1. The lowest BCUT2D eigenvalue weighted by molar-refractivity contribution is -0.144. The Kier molecular flexibility index (Phi) is 6.95. The summed E-state index contributed by atoms with van der Waals surface area (Å²) in [6.07, 6.45) is 2.16. The molecule has 1 aromatic carbocycles. The molecule has 0 bridgehead atoms. The van der Waals surface area contributed by atoms with Crippen molar-refractivity contribution in [3.63, 3.8) is 0 Å². The van der Waals surface area contributed by atoms with E-state index in [9.17, 15) is 28.7 Å². The SMILES string of the molecule is Cc1cc(NC(=O)c2c(C)c(C(=O)C(=O)N[C@@H](C(=O)O)C(C)(C)C)n3c2CCCC3)ccc1F. The molecular weight excluding hydrogens is 441 g/mol. The van der Waals surface area contributed by atoms with Gasteiger partial charge in [-0.3, -0.25) is 14.4 Å². The molecule has 2 heterocycles. The fourth-order valence-electron chi connectivity index (χ4n) is 4.34. The van der Waals surface area contributed by atoms with Crippen LogP contribution in [0.15, 0.2) is 18.2 Å². The summed E-state index contributed by atoms with van der Waals surface area (Å²) in [6, 6.07) is 2.98. The van der Waals surface area contributed by atoms with E-state index >= 15 is 0 Å². The van der Waals surface area contributed by atoms with Gasteiger partial charge in [-0.05, 0) is 67.9 Å². The Morgan fingerprint density at radius 2 is 1.79 bits per heavy atom. The maximum atomic E-state index is 13.6. The molecule has 2 aromatic rings. The third-order valence-corrected chi connectivity index (χ3v) is 6.11. The van der Waals surface area contributed by atoms with Gasteiger partial charge in [0.2, 0.25) is 0 Å². The number of rotatable bonds is 6. The molecule has 0 saturated heterocycles. The van der Waals surface area contributed by atoms with Crippen LogP contribution in [0.1, 0.15) is 71.3 Å². The minimum Gasteiger partial charge on any atom is -0.480 e. The van der Waals surface area contributed by atoms with Crippen LogP contribution >= 0.6 is 0 Å². The van der Waals surface area contributed by atoms with E-state index < -0.39 is 35.0 Å². The first-order valence-corrected chi connectivity index (χ1v) is 11.2. The molecule has 0 unspecified atom stereocenters. The largest absolute Gasteiger partial charge is 0.480 e. The second-order valence-electron chi connectivity index (χ2n) is 9.76. The highest BCUT2D eigenvalue weighted by molar-refractivity contribution is 6.43. The number of amides is 2. The summed E-state index contributed by atoms with van der Waals surface area (Å²) in [5, 5.41) is 14.6. The molecule has 0 fully saturated rings. The molecule has 1 aliphatic rings. The van der Waals surface area contributed by atoms with Crippen molar-refractivity contribution in [2.24, 2.45) is 5.41 Å². The number of halogens is 1. The Labute approximate surface area is 197 Å². The van der Waals surface area contributed by atoms with Crippen molar-refractivity contribution >= 4 is 29.3 Å². The van der Waals surface area contributed by atoms with Gasteiger partial charge in [-0.1, -0.05) is 20.8 Å². The summed E-state index contributed by atoms with van der Waals surface area (Å²) in [4.78, 5) is 50.9. The Morgan fingerprint density at radius 1 is 1.12 bits per heavy atom. The number of ketones is 1. The number of aryl methyl sites for hydroxylation is 1. The molecule has 9 heteroatoms. The third kappa shape index (κ3) is 4.88. The maximum Gasteiger partial charge on any atom is 0.326 e. The van der Waals surface area contributed by atoms with Crippen LogP contribution in [0.5, 0.6) is 0 Å². The second kappa shape index (κ2) is 9.40. The number of hydrogen-bond donors (Lipinski definition) is 3. The summed E-state index contributed by atoms with van der Waals surface area (Å²) < 4.78 is 15.3. The fourth-order valence-corrected chi connectivity index (χ4v) is 4.34. The number of anilines is 1. The van der Waals surface area contributed by atoms with Crippen LogP contribution in [0.4, 0.5) is 10.1 Å². The van der Waals surface area contributed by atoms with Crippen molar-refractivity contribution in [2.45, 2.75) is 66.5 Å². The zero-order valence-electron chi connectivity index (χ0n) is 20.0. The number of aliphatic carboxylic acids is 1. The Balaban J connectivity index is 1.97. The standard InChI is InChI=1S/C25H30FN3O5/c1-13-12-15(9-10-16(13)26)27-22(31)18-14(2)19(29-11-7-6-8-17(18)29)20(30)23(32)28-21(24(33)34)25(3,4)5/h9-10,12,21H,6-8,11H2,1-5H3,(H,27,31)(H,28,32)(H,33,34)/t21-/m0/s1. The van der Waals surface area contributed by atoms with Crippen LogP contribution in [0.2, 0.25) is 0 Å². The van der Waals surface area contributed by atoms with Crippen molar-refractivity contribution in [1.29, 1.82) is 0 Å². The van der Waals surface area contributed by atoms with Crippen molar-refractivity contribution in [1.82, 2.24) is 9.88 Å². The summed E-state index contributed by atoms with van der Waals surface area (Å²) >= 11 is 0. The van der Waals surface area contributed by atoms with Gasteiger partial charge in [0, 0.05) is 17.9 Å². The minimum atomic E-state index is -1.26. The van der Waals surface area contributed by atoms with Gasteiger partial charge in [-0.2, -0.15) is 0 Å². The molecule has 0 aliphatic carbocycles. The van der Waals surface area contributed by atoms with Crippen LogP contribution in [-0.4, -0.2) is 39.3 Å². The van der Waals surface area contributed by atoms with Crippen LogP contribution in [-0.2, 0) is 22.6 Å². The van der Waals surface area contributed by atoms with Gasteiger partial charge in [0.15, 0.2) is 0 Å². The molecule has 8 nitrogen and oxygen atoms in total. The number of benzene rings is 1. The molecule has 182 valence electrons. The Morgan fingerprint density at radius 3 is 2.38 bits per heavy atom. The van der Waals surface area contributed by atoms with Gasteiger partial charge in [-0.25, -0.2) is 9.18 Å². The molecule has 34 heavy (non-hydrogen) atoms. The number of carboxylic acid groups (broad SMARTS) is 1. The van der Waals surface area contributed by atoms with Crippen LogP contribution in [0.25, 0.3) is 0 Å². The topological polar surface area (TPSA) is 118 Å². The zero-order chi connectivity index (χ0) is 25.4.